The highest BCUT2D eigenvalue weighted by atomic mass is 15.2. The van der Waals surface area contributed by atoms with Crippen LogP contribution >= 0.6 is 0 Å². The lowest BCUT2D eigenvalue weighted by Gasteiger charge is -2.45. The highest BCUT2D eigenvalue weighted by Gasteiger charge is 2.46. The molecule has 0 fully saturated rings. The molecule has 13 aromatic rings. The van der Waals surface area contributed by atoms with Crippen LogP contribution in [0.2, 0.25) is 0 Å². The molecule has 91 heavy (non-hydrogen) atoms. The Balaban J connectivity index is 1.01. The monoisotopic (exact) mass is 1180 g/mol. The average Bonchev–Trinajstić information content (AvgIpc) is 0.722. The van der Waals surface area contributed by atoms with Crippen molar-refractivity contribution in [2.45, 2.75) is 71.2 Å². The van der Waals surface area contributed by atoms with Gasteiger partial charge in [-0.25, -0.2) is 0 Å². The Morgan fingerprint density at radius 1 is 0.462 bits per heavy atom. The summed E-state index contributed by atoms with van der Waals surface area (Å²) in [6.45, 7) is 9.76. The molecule has 0 spiro atoms. The van der Waals surface area contributed by atoms with Gasteiger partial charge in [-0.05, 0) is 158 Å². The molecule has 8 heteroatoms. The van der Waals surface area contributed by atoms with E-state index in [0.29, 0.717) is 67.6 Å². The van der Waals surface area contributed by atoms with E-state index in [2.05, 4.69) is 135 Å². The van der Waals surface area contributed by atoms with Crippen LogP contribution < -0.4 is 31.1 Å². The third-order valence-corrected chi connectivity index (χ3v) is 19.1. The molecule has 5 heterocycles. The van der Waals surface area contributed by atoms with Gasteiger partial charge in [-0.15, -0.1) is 0 Å². The standard InChI is InChI=1S/C83H64BN7/c1-51-41-79-81-80(42-51)91(75-34-20-33-74(65(75)50-86)89-70-29-16-10-23-61(70)62-24-11-17-30-71(62)89)77-45-52(54-43-55(82(2,3)4)46-56(44-54)83(5,6)7)36-39-66(77)84(81)67-40-38-58(87-68-27-14-8-21-59(68)60-22-9-15-28-69(60)87)48-78(67)88(79)57-37-35-53(49-85)76(47-57)90-72-31-18-12-25-63(72)64-26-13-19-32-73(64)90/h8-48,61,70H,1-7H3/i1D3,8D,9D,14D,15D,21D,22D,27D,28D. The molecule has 17 rings (SSSR count). The number of fused-ring (bicyclic) bond motifs is 13. The Bertz CT molecular complexity index is 5890. The normalized spacial score (nSPS) is 17.3. The number of aryl methyl sites for hydroxylation is 1. The summed E-state index contributed by atoms with van der Waals surface area (Å²) < 4.78 is 106. The number of para-hydroxylation sites is 5. The van der Waals surface area contributed by atoms with Crippen LogP contribution in [0.3, 0.4) is 0 Å². The maximum atomic E-state index is 12.1. The van der Waals surface area contributed by atoms with E-state index in [9.17, 15) is 20.1 Å². The Morgan fingerprint density at radius 2 is 1.05 bits per heavy atom. The van der Waals surface area contributed by atoms with Gasteiger partial charge in [-0.1, -0.05) is 199 Å². The van der Waals surface area contributed by atoms with Crippen LogP contribution in [0.25, 0.3) is 66.1 Å². The van der Waals surface area contributed by atoms with Crippen molar-refractivity contribution < 1.29 is 15.1 Å². The summed E-state index contributed by atoms with van der Waals surface area (Å²) in [6.07, 6.45) is 8.48. The smallest absolute Gasteiger partial charge is 0.252 e. The molecule has 7 nitrogen and oxygen atoms in total. The van der Waals surface area contributed by atoms with Crippen LogP contribution in [0, 0.1) is 29.5 Å². The van der Waals surface area contributed by atoms with Gasteiger partial charge in [0.25, 0.3) is 6.71 Å². The fourth-order valence-electron chi connectivity index (χ4n) is 14.9. The minimum absolute atomic E-state index is 0.00436. The van der Waals surface area contributed by atoms with Crippen molar-refractivity contribution in [3.8, 4) is 34.6 Å². The molecule has 2 atom stereocenters. The second-order valence-corrected chi connectivity index (χ2v) is 26.3. The van der Waals surface area contributed by atoms with Crippen LogP contribution in [-0.4, -0.2) is 21.9 Å². The summed E-state index contributed by atoms with van der Waals surface area (Å²) in [6, 6.07) is 58.8. The maximum Gasteiger partial charge on any atom is 0.252 e. The summed E-state index contributed by atoms with van der Waals surface area (Å²) >= 11 is 0. The number of hydrogen-bond acceptors (Lipinski definition) is 5. The number of benzene rings is 11. The first-order chi connectivity index (χ1) is 48.8. The second-order valence-electron chi connectivity index (χ2n) is 26.3. The van der Waals surface area contributed by atoms with Crippen LogP contribution in [0.4, 0.5) is 45.5 Å². The second kappa shape index (κ2) is 20.0. The molecule has 0 N–H and O–H groups in total. The number of aromatic nitrogens is 2. The van der Waals surface area contributed by atoms with E-state index in [1.807, 2.05) is 120 Å². The number of rotatable bonds is 6. The molecule has 11 aromatic carbocycles. The number of hydrogen-bond donors (Lipinski definition) is 0. The third-order valence-electron chi connectivity index (χ3n) is 19.1. The molecule has 0 radical (unpaired) electrons. The van der Waals surface area contributed by atoms with Gasteiger partial charge in [0.15, 0.2) is 0 Å². The zero-order valence-corrected chi connectivity index (χ0v) is 50.9. The van der Waals surface area contributed by atoms with Crippen molar-refractivity contribution in [3.05, 3.63) is 282 Å². The predicted octanol–water partition coefficient (Wildman–Crippen LogP) is 19.0. The first-order valence-corrected chi connectivity index (χ1v) is 30.8. The van der Waals surface area contributed by atoms with Gasteiger partial charge in [0.05, 0.1) is 67.3 Å². The van der Waals surface area contributed by atoms with E-state index in [-0.39, 0.29) is 55.8 Å². The Hall–Kier alpha value is -11.1. The highest BCUT2D eigenvalue weighted by molar-refractivity contribution is 7.00. The van der Waals surface area contributed by atoms with Crippen LogP contribution in [0.15, 0.2) is 249 Å². The predicted molar refractivity (Wildman–Crippen MR) is 380 cm³/mol. The van der Waals surface area contributed by atoms with E-state index in [1.165, 1.54) is 4.57 Å². The lowest BCUT2D eigenvalue weighted by atomic mass is 9.33. The van der Waals surface area contributed by atoms with E-state index < -0.39 is 61.9 Å². The number of allylic oxidation sites excluding steroid dienone is 2. The molecule has 0 saturated heterocycles. The zero-order valence-electron chi connectivity index (χ0n) is 61.9. The lowest BCUT2D eigenvalue weighted by Crippen LogP contribution is -2.61. The molecule has 0 amide bonds. The molecular formula is C83H64BN7. The van der Waals surface area contributed by atoms with Gasteiger partial charge in [0.1, 0.15) is 12.1 Å². The van der Waals surface area contributed by atoms with E-state index in [0.717, 1.165) is 60.8 Å². The topological polar surface area (TPSA) is 67.2 Å². The fraction of sp³-hybridized carbons (Fsp3) is 0.133. The summed E-state index contributed by atoms with van der Waals surface area (Å²) in [7, 11) is 0. The van der Waals surface area contributed by atoms with E-state index in [1.54, 1.807) is 18.2 Å². The molecule has 2 unspecified atom stereocenters. The first kappa shape index (κ1) is 43.6. The maximum absolute atomic E-state index is 12.1. The Labute approximate surface area is 547 Å². The first-order valence-electron chi connectivity index (χ1n) is 36.3. The molecule has 1 aliphatic carbocycles. The summed E-state index contributed by atoms with van der Waals surface area (Å²) in [5.74, 6) is -0.00436. The van der Waals surface area contributed by atoms with Gasteiger partial charge in [0, 0.05) is 71.4 Å². The number of anilines is 8. The zero-order chi connectivity index (χ0) is 71.2. The highest BCUT2D eigenvalue weighted by Crippen LogP contribution is 2.53. The summed E-state index contributed by atoms with van der Waals surface area (Å²) in [5, 5.41) is 25.1. The Morgan fingerprint density at radius 3 is 1.74 bits per heavy atom. The molecule has 0 saturated carbocycles. The molecule has 4 aliphatic rings. The molecular weight excluding hydrogens is 1110 g/mol. The van der Waals surface area contributed by atoms with Crippen molar-refractivity contribution >= 4 is 112 Å². The minimum Gasteiger partial charge on any atom is -0.332 e. The van der Waals surface area contributed by atoms with Gasteiger partial charge >= 0.3 is 0 Å². The van der Waals surface area contributed by atoms with Crippen molar-refractivity contribution in [1.82, 2.24) is 9.13 Å². The summed E-state index contributed by atoms with van der Waals surface area (Å²) in [4.78, 5) is 6.31. The Kier molecular flexibility index (Phi) is 9.56. The van der Waals surface area contributed by atoms with Crippen LogP contribution in [-0.2, 0) is 10.8 Å². The van der Waals surface area contributed by atoms with Crippen LogP contribution in [0.1, 0.15) is 95.9 Å². The van der Waals surface area contributed by atoms with Crippen LogP contribution in [0.5, 0.6) is 0 Å². The average molecular weight is 1180 g/mol. The van der Waals surface area contributed by atoms with Gasteiger partial charge in [-0.3, -0.25) is 0 Å². The van der Waals surface area contributed by atoms with Crippen molar-refractivity contribution in [1.29, 1.82) is 10.5 Å². The van der Waals surface area contributed by atoms with Gasteiger partial charge < -0.3 is 23.8 Å². The van der Waals surface area contributed by atoms with E-state index >= 15 is 0 Å². The number of nitrogens with zero attached hydrogens (tertiary/aromatic N) is 7. The largest absolute Gasteiger partial charge is 0.332 e. The minimum atomic E-state index is -2.76. The SMILES string of the molecule is [2H]c1c([2H])c([2H])c2c(c1[2H])c1c([2H])c([2H])c([2H])c([2H])c1n2-c1ccc2c(c1)N(c1ccc(C#N)c(-n3c4ccccc4c4ccccc43)c1)c1cc(C([2H])([2H])[2H])cc3c1B2c1ccc(-c2cc(C(C)(C)C)cc(C(C)(C)C)c2)cc1N3c1cccc(N2c3ccccc3C3C=CC=CC32)c1C#N. The summed E-state index contributed by atoms with van der Waals surface area (Å²) in [5.41, 5.74) is 14.7. The third kappa shape index (κ3) is 8.12. The van der Waals surface area contributed by atoms with E-state index in [4.69, 9.17) is 5.48 Å². The fourth-order valence-corrected chi connectivity index (χ4v) is 14.9. The molecule has 434 valence electrons. The van der Waals surface area contributed by atoms with Gasteiger partial charge in [-0.2, -0.15) is 10.5 Å². The lowest BCUT2D eigenvalue weighted by molar-refractivity contribution is 0.569. The van der Waals surface area contributed by atoms with Crippen molar-refractivity contribution in [2.24, 2.45) is 0 Å². The quantitative estimate of drug-likeness (QED) is 0.155. The van der Waals surface area contributed by atoms with Crippen molar-refractivity contribution in [3.63, 3.8) is 0 Å². The molecule has 0 bridgehead atoms. The number of nitriles is 2. The van der Waals surface area contributed by atoms with Crippen molar-refractivity contribution in [2.75, 3.05) is 14.7 Å². The molecule has 3 aliphatic heterocycles. The molecule has 2 aromatic heterocycles. The van der Waals surface area contributed by atoms with Gasteiger partial charge in [0.2, 0.25) is 0 Å².